The molecule has 86 valence electrons. The van der Waals surface area contributed by atoms with Gasteiger partial charge in [-0.1, -0.05) is 12.8 Å². The van der Waals surface area contributed by atoms with Gasteiger partial charge in [-0.3, -0.25) is 4.90 Å². The van der Waals surface area contributed by atoms with E-state index in [9.17, 15) is 9.90 Å². The van der Waals surface area contributed by atoms with Crippen molar-refractivity contribution in [3.8, 4) is 0 Å². The van der Waals surface area contributed by atoms with E-state index in [0.717, 1.165) is 25.8 Å². The molecular formula is C11H19NO3. The first-order valence-electron chi connectivity index (χ1n) is 5.82. The maximum Gasteiger partial charge on any atom is 0.337 e. The molecule has 0 bridgehead atoms. The van der Waals surface area contributed by atoms with Gasteiger partial charge in [-0.15, -0.1) is 0 Å². The molecule has 4 heteroatoms. The van der Waals surface area contributed by atoms with Crippen LogP contribution in [0.15, 0.2) is 0 Å². The molecule has 4 nitrogen and oxygen atoms in total. The van der Waals surface area contributed by atoms with Crippen molar-refractivity contribution in [2.24, 2.45) is 0 Å². The maximum absolute atomic E-state index is 11.0. The van der Waals surface area contributed by atoms with Crippen LogP contribution in [0.25, 0.3) is 0 Å². The fraction of sp³-hybridized carbons (Fsp3) is 0.909. The highest BCUT2D eigenvalue weighted by Crippen LogP contribution is 2.29. The number of hydrogen-bond acceptors (Lipinski definition) is 3. The summed E-state index contributed by atoms with van der Waals surface area (Å²) in [6, 6.07) is 0.510. The largest absolute Gasteiger partial charge is 0.479 e. The van der Waals surface area contributed by atoms with Gasteiger partial charge < -0.3 is 10.2 Å². The number of likely N-dealkylation sites (tertiary alicyclic amines) is 1. The van der Waals surface area contributed by atoms with Crippen molar-refractivity contribution in [2.75, 3.05) is 13.1 Å². The number of aliphatic hydroxyl groups is 1. The van der Waals surface area contributed by atoms with Crippen molar-refractivity contribution >= 4 is 5.97 Å². The highest BCUT2D eigenvalue weighted by Gasteiger charge is 2.42. The van der Waals surface area contributed by atoms with Gasteiger partial charge in [0.15, 0.2) is 5.60 Å². The van der Waals surface area contributed by atoms with Gasteiger partial charge in [0, 0.05) is 12.6 Å². The van der Waals surface area contributed by atoms with Gasteiger partial charge in [-0.25, -0.2) is 4.79 Å². The Labute approximate surface area is 89.9 Å². The highest BCUT2D eigenvalue weighted by atomic mass is 16.4. The maximum atomic E-state index is 11.0. The van der Waals surface area contributed by atoms with Crippen molar-refractivity contribution in [1.82, 2.24) is 4.90 Å². The second kappa shape index (κ2) is 4.10. The summed E-state index contributed by atoms with van der Waals surface area (Å²) in [7, 11) is 0. The lowest BCUT2D eigenvalue weighted by Crippen LogP contribution is -2.55. The quantitative estimate of drug-likeness (QED) is 0.713. The Morgan fingerprint density at radius 2 is 1.93 bits per heavy atom. The molecule has 0 amide bonds. The van der Waals surface area contributed by atoms with Crippen LogP contribution >= 0.6 is 0 Å². The van der Waals surface area contributed by atoms with E-state index in [0.29, 0.717) is 19.0 Å². The molecule has 0 aromatic carbocycles. The molecule has 1 aliphatic carbocycles. The second-order valence-electron chi connectivity index (χ2n) is 4.85. The van der Waals surface area contributed by atoms with Gasteiger partial charge in [0.25, 0.3) is 0 Å². The van der Waals surface area contributed by atoms with E-state index in [4.69, 9.17) is 5.11 Å². The Morgan fingerprint density at radius 1 is 1.27 bits per heavy atom. The summed E-state index contributed by atoms with van der Waals surface area (Å²) < 4.78 is 0. The van der Waals surface area contributed by atoms with E-state index >= 15 is 0 Å². The SMILES string of the molecule is O=C(O)C1(O)CCCN(C2CCCC2)C1. The summed E-state index contributed by atoms with van der Waals surface area (Å²) in [5.74, 6) is -1.06. The average Bonchev–Trinajstić information content (AvgIpc) is 2.70. The van der Waals surface area contributed by atoms with Crippen LogP contribution in [-0.4, -0.2) is 45.8 Å². The fourth-order valence-electron chi connectivity index (χ4n) is 2.82. The van der Waals surface area contributed by atoms with Crippen molar-refractivity contribution in [2.45, 2.75) is 50.2 Å². The van der Waals surface area contributed by atoms with Crippen LogP contribution in [0.2, 0.25) is 0 Å². The molecule has 1 heterocycles. The molecule has 2 N–H and O–H groups in total. The number of hydrogen-bond donors (Lipinski definition) is 2. The van der Waals surface area contributed by atoms with Crippen LogP contribution in [0.5, 0.6) is 0 Å². The van der Waals surface area contributed by atoms with Crippen molar-refractivity contribution in [3.05, 3.63) is 0 Å². The zero-order valence-corrected chi connectivity index (χ0v) is 8.98. The Kier molecular flexibility index (Phi) is 2.98. The van der Waals surface area contributed by atoms with Crippen LogP contribution in [0.1, 0.15) is 38.5 Å². The number of carboxylic acid groups (broad SMARTS) is 1. The summed E-state index contributed by atoms with van der Waals surface area (Å²) in [6.45, 7) is 1.26. The molecule has 0 radical (unpaired) electrons. The minimum Gasteiger partial charge on any atom is -0.479 e. The first kappa shape index (κ1) is 10.9. The summed E-state index contributed by atoms with van der Waals surface area (Å²) in [6.07, 6.45) is 6.00. The van der Waals surface area contributed by atoms with Crippen LogP contribution in [0.4, 0.5) is 0 Å². The lowest BCUT2D eigenvalue weighted by Gasteiger charge is -2.39. The van der Waals surface area contributed by atoms with Gasteiger partial charge in [0.1, 0.15) is 0 Å². The van der Waals surface area contributed by atoms with Crippen LogP contribution in [0, 0.1) is 0 Å². The average molecular weight is 213 g/mol. The van der Waals surface area contributed by atoms with Gasteiger partial charge in [0.2, 0.25) is 0 Å². The first-order chi connectivity index (χ1) is 7.12. The molecule has 2 rings (SSSR count). The molecule has 1 saturated heterocycles. The van der Waals surface area contributed by atoms with E-state index in [2.05, 4.69) is 4.90 Å². The monoisotopic (exact) mass is 213 g/mol. The number of nitrogens with zero attached hydrogens (tertiary/aromatic N) is 1. The van der Waals surface area contributed by atoms with Crippen LogP contribution in [0.3, 0.4) is 0 Å². The Morgan fingerprint density at radius 3 is 2.53 bits per heavy atom. The van der Waals surface area contributed by atoms with Gasteiger partial charge in [-0.05, 0) is 32.2 Å². The standard InChI is InChI=1S/C11H19NO3/c13-10(14)11(15)6-3-7-12(8-11)9-4-1-2-5-9/h9,15H,1-8H2,(H,13,14). The molecule has 1 aliphatic heterocycles. The Balaban J connectivity index is 2.00. The van der Waals surface area contributed by atoms with Gasteiger partial charge in [0.05, 0.1) is 0 Å². The Hall–Kier alpha value is -0.610. The molecule has 2 aliphatic rings. The Bertz CT molecular complexity index is 250. The molecule has 0 aromatic heterocycles. The molecule has 15 heavy (non-hydrogen) atoms. The molecule has 1 atom stereocenters. The normalized spacial score (nSPS) is 34.5. The first-order valence-corrected chi connectivity index (χ1v) is 5.82. The molecular weight excluding hydrogens is 194 g/mol. The highest BCUT2D eigenvalue weighted by molar-refractivity contribution is 5.77. The minimum absolute atomic E-state index is 0.312. The number of rotatable bonds is 2. The number of β-amino-alcohol motifs (C(OH)–C–C–N with tert-alkyl or cyclic N) is 1. The van der Waals surface area contributed by atoms with Gasteiger partial charge >= 0.3 is 5.97 Å². The molecule has 0 aromatic rings. The smallest absolute Gasteiger partial charge is 0.337 e. The predicted octanol–water partition coefficient (Wildman–Crippen LogP) is 0.840. The summed E-state index contributed by atoms with van der Waals surface area (Å²) in [5.41, 5.74) is -1.50. The fourth-order valence-corrected chi connectivity index (χ4v) is 2.82. The lowest BCUT2D eigenvalue weighted by atomic mass is 9.92. The van der Waals surface area contributed by atoms with E-state index in [1.165, 1.54) is 12.8 Å². The molecule has 2 fully saturated rings. The van der Waals surface area contributed by atoms with Gasteiger partial charge in [-0.2, -0.15) is 0 Å². The lowest BCUT2D eigenvalue weighted by molar-refractivity contribution is -0.165. The van der Waals surface area contributed by atoms with E-state index in [1.54, 1.807) is 0 Å². The van der Waals surface area contributed by atoms with Crippen molar-refractivity contribution in [3.63, 3.8) is 0 Å². The minimum atomic E-state index is -1.50. The van der Waals surface area contributed by atoms with E-state index < -0.39 is 11.6 Å². The zero-order valence-electron chi connectivity index (χ0n) is 8.98. The predicted molar refractivity (Wildman–Crippen MR) is 55.6 cm³/mol. The molecule has 0 spiro atoms. The summed E-state index contributed by atoms with van der Waals surface area (Å²) >= 11 is 0. The third kappa shape index (κ3) is 2.16. The van der Waals surface area contributed by atoms with Crippen molar-refractivity contribution < 1.29 is 15.0 Å². The number of carboxylic acids is 1. The van der Waals surface area contributed by atoms with Crippen LogP contribution < -0.4 is 0 Å². The zero-order chi connectivity index (χ0) is 10.9. The molecule has 1 saturated carbocycles. The number of piperidine rings is 1. The van der Waals surface area contributed by atoms with E-state index in [1.807, 2.05) is 0 Å². The molecule has 1 unspecified atom stereocenters. The number of aliphatic carboxylic acids is 1. The third-order valence-corrected chi connectivity index (χ3v) is 3.74. The summed E-state index contributed by atoms with van der Waals surface area (Å²) in [5, 5.41) is 18.9. The third-order valence-electron chi connectivity index (χ3n) is 3.74. The van der Waals surface area contributed by atoms with Crippen LogP contribution in [-0.2, 0) is 4.79 Å². The summed E-state index contributed by atoms with van der Waals surface area (Å²) in [4.78, 5) is 13.1. The van der Waals surface area contributed by atoms with Crippen molar-refractivity contribution in [1.29, 1.82) is 0 Å². The number of carbonyl (C=O) groups is 1. The topological polar surface area (TPSA) is 60.8 Å². The van der Waals surface area contributed by atoms with E-state index in [-0.39, 0.29) is 0 Å². The second-order valence-corrected chi connectivity index (χ2v) is 4.85.